The van der Waals surface area contributed by atoms with Crippen molar-refractivity contribution in [3.05, 3.63) is 32.8 Å². The highest BCUT2D eigenvalue weighted by atomic mass is 35.5. The van der Waals surface area contributed by atoms with E-state index < -0.39 is 5.54 Å². The summed E-state index contributed by atoms with van der Waals surface area (Å²) in [7, 11) is 0. The lowest BCUT2D eigenvalue weighted by Crippen LogP contribution is -2.37. The van der Waals surface area contributed by atoms with Gasteiger partial charge in [-0.05, 0) is 19.1 Å². The van der Waals surface area contributed by atoms with Gasteiger partial charge in [0, 0.05) is 20.6 Å². The van der Waals surface area contributed by atoms with E-state index in [2.05, 4.69) is 0 Å². The Kier molecular flexibility index (Phi) is 3.67. The molecule has 0 aromatic heterocycles. The first kappa shape index (κ1) is 12.1. The van der Waals surface area contributed by atoms with Gasteiger partial charge in [0.2, 0.25) is 0 Å². The lowest BCUT2D eigenvalue weighted by atomic mass is 9.94. The zero-order chi connectivity index (χ0) is 10.9. The van der Waals surface area contributed by atoms with Crippen molar-refractivity contribution in [2.45, 2.75) is 12.5 Å². The van der Waals surface area contributed by atoms with Crippen molar-refractivity contribution >= 4 is 34.8 Å². The summed E-state index contributed by atoms with van der Waals surface area (Å²) < 4.78 is 0. The molecule has 0 spiro atoms. The molecule has 0 aliphatic rings. The van der Waals surface area contributed by atoms with Crippen LogP contribution in [0.3, 0.4) is 0 Å². The maximum absolute atomic E-state index is 9.09. The molecule has 0 saturated heterocycles. The van der Waals surface area contributed by atoms with Crippen molar-refractivity contribution < 1.29 is 5.11 Å². The number of hydrogen-bond acceptors (Lipinski definition) is 2. The Morgan fingerprint density at radius 2 is 1.71 bits per heavy atom. The molecule has 14 heavy (non-hydrogen) atoms. The van der Waals surface area contributed by atoms with E-state index in [0.29, 0.717) is 20.6 Å². The van der Waals surface area contributed by atoms with Gasteiger partial charge in [0.05, 0.1) is 12.1 Å². The van der Waals surface area contributed by atoms with E-state index in [4.69, 9.17) is 45.6 Å². The molecular weight excluding hydrogens is 244 g/mol. The molecule has 78 valence electrons. The number of aliphatic hydroxyl groups is 1. The topological polar surface area (TPSA) is 46.2 Å². The first-order chi connectivity index (χ1) is 6.38. The van der Waals surface area contributed by atoms with Crippen LogP contribution in [0.25, 0.3) is 0 Å². The Labute approximate surface area is 97.6 Å². The van der Waals surface area contributed by atoms with E-state index in [1.54, 1.807) is 19.1 Å². The molecule has 0 aliphatic carbocycles. The summed E-state index contributed by atoms with van der Waals surface area (Å²) in [6.07, 6.45) is 0. The molecule has 0 amide bonds. The molecule has 0 aliphatic heterocycles. The van der Waals surface area contributed by atoms with Gasteiger partial charge in [-0.25, -0.2) is 0 Å². The molecule has 2 nitrogen and oxygen atoms in total. The van der Waals surface area contributed by atoms with Gasteiger partial charge in [-0.3, -0.25) is 0 Å². The SMILES string of the molecule is C[C@](N)(CO)c1c(Cl)cc(Cl)cc1Cl. The average molecular weight is 255 g/mol. The van der Waals surface area contributed by atoms with Crippen LogP contribution in [0, 0.1) is 0 Å². The average Bonchev–Trinajstić information content (AvgIpc) is 2.01. The van der Waals surface area contributed by atoms with Crippen LogP contribution in [0.2, 0.25) is 15.1 Å². The van der Waals surface area contributed by atoms with Crippen molar-refractivity contribution in [2.75, 3.05) is 6.61 Å². The molecular formula is C9H10Cl3NO. The van der Waals surface area contributed by atoms with Gasteiger partial charge in [-0.2, -0.15) is 0 Å². The fraction of sp³-hybridized carbons (Fsp3) is 0.333. The number of hydrogen-bond donors (Lipinski definition) is 2. The Hall–Kier alpha value is 0.01000. The number of nitrogens with two attached hydrogens (primary N) is 1. The summed E-state index contributed by atoms with van der Waals surface area (Å²) in [6, 6.07) is 3.09. The molecule has 0 unspecified atom stereocenters. The van der Waals surface area contributed by atoms with E-state index >= 15 is 0 Å². The van der Waals surface area contributed by atoms with E-state index in [1.165, 1.54) is 0 Å². The van der Waals surface area contributed by atoms with Crippen LogP contribution in [-0.2, 0) is 5.54 Å². The second-order valence-corrected chi connectivity index (χ2v) is 4.57. The molecule has 0 heterocycles. The highest BCUT2D eigenvalue weighted by Gasteiger charge is 2.26. The summed E-state index contributed by atoms with van der Waals surface area (Å²) in [5.41, 5.74) is 5.37. The van der Waals surface area contributed by atoms with Crippen LogP contribution in [-0.4, -0.2) is 11.7 Å². The minimum Gasteiger partial charge on any atom is -0.394 e. The first-order valence-corrected chi connectivity index (χ1v) is 5.06. The van der Waals surface area contributed by atoms with Gasteiger partial charge in [0.25, 0.3) is 0 Å². The van der Waals surface area contributed by atoms with Gasteiger partial charge in [0.1, 0.15) is 0 Å². The molecule has 0 radical (unpaired) electrons. The third kappa shape index (κ3) is 2.33. The maximum Gasteiger partial charge on any atom is 0.0651 e. The zero-order valence-electron chi connectivity index (χ0n) is 7.52. The molecule has 0 fully saturated rings. The quantitative estimate of drug-likeness (QED) is 0.852. The van der Waals surface area contributed by atoms with Crippen molar-refractivity contribution in [3.8, 4) is 0 Å². The summed E-state index contributed by atoms with van der Waals surface area (Å²) >= 11 is 17.6. The highest BCUT2D eigenvalue weighted by Crippen LogP contribution is 2.35. The minimum atomic E-state index is -0.960. The van der Waals surface area contributed by atoms with Crippen LogP contribution in [0.5, 0.6) is 0 Å². The molecule has 1 aromatic rings. The smallest absolute Gasteiger partial charge is 0.0651 e. The standard InChI is InChI=1S/C9H10Cl3NO/c1-9(13,4-14)8-6(11)2-5(10)3-7(8)12/h2-3,14H,4,13H2,1H3/t9-/m0/s1. The molecule has 5 heteroatoms. The van der Waals surface area contributed by atoms with Crippen LogP contribution < -0.4 is 5.73 Å². The van der Waals surface area contributed by atoms with Crippen LogP contribution in [0.15, 0.2) is 12.1 Å². The minimum absolute atomic E-state index is 0.242. The van der Waals surface area contributed by atoms with Gasteiger partial charge in [0.15, 0.2) is 0 Å². The lowest BCUT2D eigenvalue weighted by molar-refractivity contribution is 0.210. The monoisotopic (exact) mass is 253 g/mol. The maximum atomic E-state index is 9.09. The normalized spacial score (nSPS) is 15.3. The molecule has 1 atom stereocenters. The Bertz CT molecular complexity index is 329. The first-order valence-electron chi connectivity index (χ1n) is 3.93. The Balaban J connectivity index is 3.35. The zero-order valence-corrected chi connectivity index (χ0v) is 9.79. The Morgan fingerprint density at radius 3 is 2.07 bits per heavy atom. The molecule has 0 saturated carbocycles. The van der Waals surface area contributed by atoms with Crippen LogP contribution in [0.1, 0.15) is 12.5 Å². The molecule has 1 rings (SSSR count). The van der Waals surface area contributed by atoms with E-state index in [-0.39, 0.29) is 6.61 Å². The number of rotatable bonds is 2. The second-order valence-electron chi connectivity index (χ2n) is 3.32. The molecule has 1 aromatic carbocycles. The summed E-state index contributed by atoms with van der Waals surface area (Å²) in [6.45, 7) is 1.40. The third-order valence-corrected chi connectivity index (χ3v) is 2.72. The summed E-state index contributed by atoms with van der Waals surface area (Å²) in [5, 5.41) is 10.3. The summed E-state index contributed by atoms with van der Waals surface area (Å²) in [5.74, 6) is 0. The second kappa shape index (κ2) is 4.25. The van der Waals surface area contributed by atoms with Gasteiger partial charge >= 0.3 is 0 Å². The van der Waals surface area contributed by atoms with Crippen LogP contribution >= 0.6 is 34.8 Å². The summed E-state index contributed by atoms with van der Waals surface area (Å²) in [4.78, 5) is 0. The fourth-order valence-corrected chi connectivity index (χ4v) is 2.42. The molecule has 3 N–H and O–H groups in total. The number of aliphatic hydroxyl groups excluding tert-OH is 1. The third-order valence-electron chi connectivity index (χ3n) is 1.91. The van der Waals surface area contributed by atoms with Gasteiger partial charge in [-0.1, -0.05) is 34.8 Å². The largest absolute Gasteiger partial charge is 0.394 e. The fourth-order valence-electron chi connectivity index (χ4n) is 1.17. The van der Waals surface area contributed by atoms with Crippen molar-refractivity contribution in [1.82, 2.24) is 0 Å². The van der Waals surface area contributed by atoms with Gasteiger partial charge < -0.3 is 10.8 Å². The van der Waals surface area contributed by atoms with Crippen LogP contribution in [0.4, 0.5) is 0 Å². The predicted octanol–water partition coefficient (Wildman–Crippen LogP) is 2.81. The van der Waals surface area contributed by atoms with E-state index in [1.807, 2.05) is 0 Å². The molecule has 0 bridgehead atoms. The van der Waals surface area contributed by atoms with Crippen molar-refractivity contribution in [3.63, 3.8) is 0 Å². The Morgan fingerprint density at radius 1 is 1.29 bits per heavy atom. The van der Waals surface area contributed by atoms with Crippen molar-refractivity contribution in [2.24, 2.45) is 5.73 Å². The highest BCUT2D eigenvalue weighted by molar-refractivity contribution is 6.39. The van der Waals surface area contributed by atoms with E-state index in [0.717, 1.165) is 0 Å². The van der Waals surface area contributed by atoms with E-state index in [9.17, 15) is 0 Å². The van der Waals surface area contributed by atoms with Gasteiger partial charge in [-0.15, -0.1) is 0 Å². The lowest BCUT2D eigenvalue weighted by Gasteiger charge is -2.24. The predicted molar refractivity (Wildman–Crippen MR) is 60.1 cm³/mol. The number of benzene rings is 1. The number of halogens is 3. The van der Waals surface area contributed by atoms with Crippen molar-refractivity contribution in [1.29, 1.82) is 0 Å².